The van der Waals surface area contributed by atoms with Gasteiger partial charge in [0.1, 0.15) is 5.75 Å². The lowest BCUT2D eigenvalue weighted by Gasteiger charge is -2.14. The van der Waals surface area contributed by atoms with Gasteiger partial charge < -0.3 is 10.1 Å². The van der Waals surface area contributed by atoms with E-state index in [1.54, 1.807) is 12.1 Å². The summed E-state index contributed by atoms with van der Waals surface area (Å²) in [7, 11) is 0. The highest BCUT2D eigenvalue weighted by Gasteiger charge is 2.31. The van der Waals surface area contributed by atoms with Crippen molar-refractivity contribution >= 4 is 23.2 Å². The average Bonchev–Trinajstić information content (AvgIpc) is 2.54. The number of alkyl halides is 3. The molecule has 0 aliphatic carbocycles. The molecule has 0 bridgehead atoms. The second-order valence-electron chi connectivity index (χ2n) is 5.72. The first-order chi connectivity index (χ1) is 11.7. The molecule has 134 valence electrons. The number of rotatable bonds is 5. The zero-order chi connectivity index (χ0) is 18.6. The van der Waals surface area contributed by atoms with Crippen LogP contribution in [0.2, 0.25) is 5.02 Å². The summed E-state index contributed by atoms with van der Waals surface area (Å²) in [5.74, 6) is 0.166. The third kappa shape index (κ3) is 5.13. The molecule has 0 radical (unpaired) electrons. The lowest BCUT2D eigenvalue weighted by atomic mass is 10.0. The zero-order valence-corrected chi connectivity index (χ0v) is 14.4. The number of anilines is 1. The van der Waals surface area contributed by atoms with Crippen LogP contribution in [0.4, 0.5) is 18.9 Å². The Morgan fingerprint density at radius 3 is 2.52 bits per heavy atom. The van der Waals surface area contributed by atoms with Gasteiger partial charge in [0.25, 0.3) is 5.91 Å². The number of hydrogen-bond donors (Lipinski definition) is 1. The van der Waals surface area contributed by atoms with Gasteiger partial charge in [0.05, 0.1) is 16.3 Å². The minimum absolute atomic E-state index is 0.0175. The summed E-state index contributed by atoms with van der Waals surface area (Å²) < 4.78 is 43.7. The van der Waals surface area contributed by atoms with Crippen LogP contribution < -0.4 is 10.1 Å². The number of para-hydroxylation sites is 1. The van der Waals surface area contributed by atoms with Crippen LogP contribution in [0.1, 0.15) is 30.9 Å². The molecule has 0 aliphatic heterocycles. The third-order valence-corrected chi connectivity index (χ3v) is 3.80. The fourth-order valence-corrected chi connectivity index (χ4v) is 2.38. The number of carbonyl (C=O) groups excluding carboxylic acids is 1. The number of nitrogens with one attached hydrogen (secondary N) is 1. The van der Waals surface area contributed by atoms with Crippen molar-refractivity contribution in [2.45, 2.75) is 25.9 Å². The Balaban J connectivity index is 2.06. The SMILES string of the molecule is CC(C)c1ccccc1OCC(=O)Nc1cc(C(F)(F)F)ccc1Cl. The number of ether oxygens (including phenoxy) is 1. The number of benzene rings is 2. The smallest absolute Gasteiger partial charge is 0.416 e. The zero-order valence-electron chi connectivity index (χ0n) is 13.7. The standard InChI is InChI=1S/C18H17ClF3NO2/c1-11(2)13-5-3-4-6-16(13)25-10-17(24)23-15-9-12(18(20,21)22)7-8-14(15)19/h3-9,11H,10H2,1-2H3,(H,23,24). The molecule has 2 aromatic carbocycles. The first-order valence-electron chi connectivity index (χ1n) is 7.57. The first kappa shape index (κ1) is 19.1. The van der Waals surface area contributed by atoms with Crippen LogP contribution in [0.15, 0.2) is 42.5 Å². The summed E-state index contributed by atoms with van der Waals surface area (Å²) in [5.41, 5.74) is -0.0621. The number of amides is 1. The van der Waals surface area contributed by atoms with E-state index in [0.29, 0.717) is 5.75 Å². The van der Waals surface area contributed by atoms with Crippen molar-refractivity contribution in [3.8, 4) is 5.75 Å². The van der Waals surface area contributed by atoms with Gasteiger partial charge in [-0.3, -0.25) is 4.79 Å². The highest BCUT2D eigenvalue weighted by molar-refractivity contribution is 6.33. The van der Waals surface area contributed by atoms with E-state index in [-0.39, 0.29) is 23.2 Å². The van der Waals surface area contributed by atoms with E-state index < -0.39 is 17.6 Å². The van der Waals surface area contributed by atoms with E-state index in [1.165, 1.54) is 0 Å². The van der Waals surface area contributed by atoms with Gasteiger partial charge in [0.2, 0.25) is 0 Å². The topological polar surface area (TPSA) is 38.3 Å². The van der Waals surface area contributed by atoms with Crippen molar-refractivity contribution in [1.29, 1.82) is 0 Å². The van der Waals surface area contributed by atoms with Crippen molar-refractivity contribution in [3.63, 3.8) is 0 Å². The van der Waals surface area contributed by atoms with E-state index >= 15 is 0 Å². The van der Waals surface area contributed by atoms with Crippen molar-refractivity contribution in [2.75, 3.05) is 11.9 Å². The molecule has 0 heterocycles. The van der Waals surface area contributed by atoms with Crippen LogP contribution in [0.25, 0.3) is 0 Å². The van der Waals surface area contributed by atoms with Gasteiger partial charge in [0, 0.05) is 0 Å². The molecule has 1 N–H and O–H groups in total. The summed E-state index contributed by atoms with van der Waals surface area (Å²) in [5, 5.41) is 2.36. The van der Waals surface area contributed by atoms with Crippen molar-refractivity contribution in [3.05, 3.63) is 58.6 Å². The summed E-state index contributed by atoms with van der Waals surface area (Å²) in [4.78, 5) is 12.0. The summed E-state index contributed by atoms with van der Waals surface area (Å²) in [6.07, 6.45) is -4.52. The molecule has 1 amide bonds. The Kier molecular flexibility index (Phi) is 5.95. The minimum Gasteiger partial charge on any atom is -0.483 e. The lowest BCUT2D eigenvalue weighted by Crippen LogP contribution is -2.21. The maximum Gasteiger partial charge on any atom is 0.416 e. The maximum absolute atomic E-state index is 12.7. The maximum atomic E-state index is 12.7. The lowest BCUT2D eigenvalue weighted by molar-refractivity contribution is -0.137. The van der Waals surface area contributed by atoms with Crippen LogP contribution in [0.3, 0.4) is 0 Å². The second kappa shape index (κ2) is 7.78. The summed E-state index contributed by atoms with van der Waals surface area (Å²) in [6.45, 7) is 3.64. The van der Waals surface area contributed by atoms with Gasteiger partial charge in [0.15, 0.2) is 6.61 Å². The Labute approximate surface area is 148 Å². The van der Waals surface area contributed by atoms with Crippen LogP contribution in [-0.2, 0) is 11.0 Å². The minimum atomic E-state index is -4.52. The van der Waals surface area contributed by atoms with Gasteiger partial charge in [-0.05, 0) is 35.7 Å². The molecule has 2 aromatic rings. The fraction of sp³-hybridized carbons (Fsp3) is 0.278. The quantitative estimate of drug-likeness (QED) is 0.753. The van der Waals surface area contributed by atoms with E-state index in [0.717, 1.165) is 23.8 Å². The average molecular weight is 372 g/mol. The Hall–Kier alpha value is -2.21. The van der Waals surface area contributed by atoms with Crippen LogP contribution in [0.5, 0.6) is 5.75 Å². The Morgan fingerprint density at radius 2 is 1.88 bits per heavy atom. The van der Waals surface area contributed by atoms with E-state index in [9.17, 15) is 18.0 Å². The largest absolute Gasteiger partial charge is 0.483 e. The van der Waals surface area contributed by atoms with Crippen molar-refractivity contribution in [1.82, 2.24) is 0 Å². The molecule has 0 unspecified atom stereocenters. The summed E-state index contributed by atoms with van der Waals surface area (Å²) >= 11 is 5.85. The third-order valence-electron chi connectivity index (χ3n) is 3.47. The summed E-state index contributed by atoms with van der Waals surface area (Å²) in [6, 6.07) is 10.0. The molecular weight excluding hydrogens is 355 g/mol. The number of carbonyl (C=O) groups is 1. The second-order valence-corrected chi connectivity index (χ2v) is 6.13. The molecule has 7 heteroatoms. The van der Waals surface area contributed by atoms with Crippen molar-refractivity contribution in [2.24, 2.45) is 0 Å². The van der Waals surface area contributed by atoms with Crippen molar-refractivity contribution < 1.29 is 22.7 Å². The first-order valence-corrected chi connectivity index (χ1v) is 7.94. The Morgan fingerprint density at radius 1 is 1.20 bits per heavy atom. The molecule has 0 aromatic heterocycles. The molecule has 0 atom stereocenters. The normalized spacial score (nSPS) is 11.5. The number of hydrogen-bond acceptors (Lipinski definition) is 2. The van der Waals surface area contributed by atoms with Gasteiger partial charge in [-0.15, -0.1) is 0 Å². The van der Waals surface area contributed by atoms with E-state index in [4.69, 9.17) is 16.3 Å². The highest BCUT2D eigenvalue weighted by atomic mass is 35.5. The monoisotopic (exact) mass is 371 g/mol. The van der Waals surface area contributed by atoms with E-state index in [1.807, 2.05) is 26.0 Å². The van der Waals surface area contributed by atoms with Gasteiger partial charge in [-0.25, -0.2) is 0 Å². The molecule has 0 fully saturated rings. The molecule has 0 aliphatic rings. The van der Waals surface area contributed by atoms with Gasteiger partial charge in [-0.1, -0.05) is 43.6 Å². The number of halogens is 4. The highest BCUT2D eigenvalue weighted by Crippen LogP contribution is 2.33. The molecule has 2 rings (SSSR count). The predicted molar refractivity (Wildman–Crippen MR) is 91.1 cm³/mol. The Bertz CT molecular complexity index is 760. The molecule has 0 saturated carbocycles. The van der Waals surface area contributed by atoms with Gasteiger partial charge >= 0.3 is 6.18 Å². The molecular formula is C18H17ClF3NO2. The molecule has 0 saturated heterocycles. The molecule has 0 spiro atoms. The van der Waals surface area contributed by atoms with Crippen LogP contribution in [0, 0.1) is 0 Å². The van der Waals surface area contributed by atoms with E-state index in [2.05, 4.69) is 5.32 Å². The molecule has 3 nitrogen and oxygen atoms in total. The molecule has 25 heavy (non-hydrogen) atoms. The van der Waals surface area contributed by atoms with Gasteiger partial charge in [-0.2, -0.15) is 13.2 Å². The van der Waals surface area contributed by atoms with Crippen LogP contribution >= 0.6 is 11.6 Å². The fourth-order valence-electron chi connectivity index (χ4n) is 2.22. The van der Waals surface area contributed by atoms with Crippen LogP contribution in [-0.4, -0.2) is 12.5 Å². The predicted octanol–water partition coefficient (Wildman–Crippen LogP) is 5.50.